The van der Waals surface area contributed by atoms with Gasteiger partial charge in [-0.2, -0.15) is 0 Å². The van der Waals surface area contributed by atoms with Gasteiger partial charge in [-0.05, 0) is 54.4 Å². The lowest BCUT2D eigenvalue weighted by molar-refractivity contribution is 0.0995. The van der Waals surface area contributed by atoms with Crippen LogP contribution in [0.5, 0.6) is 11.5 Å². The normalized spacial score (nSPS) is 10.6. The van der Waals surface area contributed by atoms with Gasteiger partial charge in [0, 0.05) is 18.9 Å². The van der Waals surface area contributed by atoms with E-state index in [1.165, 1.54) is 17.8 Å². The number of halogens is 1. The lowest BCUT2D eigenvalue weighted by Gasteiger charge is -2.10. The molecule has 0 spiro atoms. The van der Waals surface area contributed by atoms with Crippen LogP contribution >= 0.6 is 11.6 Å². The largest absolute Gasteiger partial charge is 0.454 e. The van der Waals surface area contributed by atoms with Crippen molar-refractivity contribution in [2.45, 2.75) is 13.0 Å². The minimum atomic E-state index is -0.583. The summed E-state index contributed by atoms with van der Waals surface area (Å²) in [4.78, 5) is 19.1. The summed E-state index contributed by atoms with van der Waals surface area (Å²) in [5, 5.41) is 3.88. The zero-order chi connectivity index (χ0) is 19.1. The molecule has 7 heteroatoms. The van der Waals surface area contributed by atoms with E-state index < -0.39 is 5.91 Å². The van der Waals surface area contributed by atoms with Gasteiger partial charge in [0.1, 0.15) is 17.2 Å². The highest BCUT2D eigenvalue weighted by Gasteiger charge is 2.07. The number of carbonyl (C=O) groups excluding carboxylic acids is 1. The second-order valence-electron chi connectivity index (χ2n) is 5.90. The van der Waals surface area contributed by atoms with E-state index in [0.29, 0.717) is 23.1 Å². The van der Waals surface area contributed by atoms with Crippen LogP contribution in [0.4, 0.5) is 0 Å². The average molecular weight is 383 g/mol. The van der Waals surface area contributed by atoms with Gasteiger partial charge in [0.25, 0.3) is 5.91 Å². The second kappa shape index (κ2) is 9.12. The second-order valence-corrected chi connectivity index (χ2v) is 6.31. The third-order valence-corrected chi connectivity index (χ3v) is 4.15. The van der Waals surface area contributed by atoms with Crippen LogP contribution in [0.1, 0.15) is 21.6 Å². The maximum Gasteiger partial charge on any atom is 0.267 e. The van der Waals surface area contributed by atoms with Crippen molar-refractivity contribution in [1.29, 1.82) is 0 Å². The summed E-state index contributed by atoms with van der Waals surface area (Å²) in [5.41, 5.74) is 7.60. The summed E-state index contributed by atoms with van der Waals surface area (Å²) in [6.45, 7) is 1.55. The third kappa shape index (κ3) is 5.51. The van der Waals surface area contributed by atoms with Crippen molar-refractivity contribution in [3.8, 4) is 11.5 Å². The van der Waals surface area contributed by atoms with E-state index in [-0.39, 0.29) is 5.69 Å². The molecule has 3 aromatic rings. The van der Waals surface area contributed by atoms with Crippen LogP contribution in [0.3, 0.4) is 0 Å². The molecule has 27 heavy (non-hydrogen) atoms. The number of pyridine rings is 2. The summed E-state index contributed by atoms with van der Waals surface area (Å²) < 4.78 is 5.71. The van der Waals surface area contributed by atoms with Crippen molar-refractivity contribution >= 4 is 17.5 Å². The van der Waals surface area contributed by atoms with Crippen LogP contribution in [0.2, 0.25) is 5.02 Å². The molecule has 3 N–H and O–H groups in total. The fourth-order valence-electron chi connectivity index (χ4n) is 2.46. The molecule has 1 aromatic carbocycles. The van der Waals surface area contributed by atoms with Crippen molar-refractivity contribution in [3.05, 3.63) is 82.9 Å². The summed E-state index contributed by atoms with van der Waals surface area (Å²) in [7, 11) is 0. The van der Waals surface area contributed by atoms with Crippen molar-refractivity contribution in [2.24, 2.45) is 5.73 Å². The number of nitrogens with one attached hydrogen (secondary N) is 1. The highest BCUT2D eigenvalue weighted by atomic mass is 35.5. The first-order valence-electron chi connectivity index (χ1n) is 8.43. The SMILES string of the molecule is NC(=O)c1ccc(Oc2ccc(CNCCc3cccnc3)cc2Cl)cn1. The van der Waals surface area contributed by atoms with Crippen molar-refractivity contribution in [1.82, 2.24) is 15.3 Å². The van der Waals surface area contributed by atoms with E-state index in [4.69, 9.17) is 22.1 Å². The van der Waals surface area contributed by atoms with Gasteiger partial charge in [-0.15, -0.1) is 0 Å². The Morgan fingerprint density at radius 1 is 1.15 bits per heavy atom. The maximum atomic E-state index is 11.0. The number of aromatic nitrogens is 2. The van der Waals surface area contributed by atoms with Crippen molar-refractivity contribution < 1.29 is 9.53 Å². The number of nitrogens with zero attached hydrogens (tertiary/aromatic N) is 2. The van der Waals surface area contributed by atoms with Gasteiger partial charge in [-0.1, -0.05) is 23.7 Å². The molecule has 0 saturated heterocycles. The Morgan fingerprint density at radius 3 is 2.70 bits per heavy atom. The maximum absolute atomic E-state index is 11.0. The van der Waals surface area contributed by atoms with Crippen LogP contribution in [-0.4, -0.2) is 22.4 Å². The molecular weight excluding hydrogens is 364 g/mol. The van der Waals surface area contributed by atoms with E-state index in [0.717, 1.165) is 18.5 Å². The summed E-state index contributed by atoms with van der Waals surface area (Å²) in [5.74, 6) is 0.411. The van der Waals surface area contributed by atoms with Gasteiger partial charge < -0.3 is 15.8 Å². The number of nitrogens with two attached hydrogens (primary N) is 1. The fourth-order valence-corrected chi connectivity index (χ4v) is 2.70. The predicted molar refractivity (Wildman–Crippen MR) is 104 cm³/mol. The molecule has 0 bridgehead atoms. The predicted octanol–water partition coefficient (Wildman–Crippen LogP) is 3.35. The van der Waals surface area contributed by atoms with E-state index in [2.05, 4.69) is 21.4 Å². The quantitative estimate of drug-likeness (QED) is 0.583. The standard InChI is InChI=1S/C20H19ClN4O2/c21-17-10-15(12-24-9-7-14-2-1-8-23-11-14)3-6-19(17)27-16-4-5-18(20(22)26)25-13-16/h1-6,8,10-11,13,24H,7,9,12H2,(H2,22,26). The lowest BCUT2D eigenvalue weighted by Crippen LogP contribution is -2.16. The number of rotatable bonds is 8. The van der Waals surface area contributed by atoms with Crippen molar-refractivity contribution in [2.75, 3.05) is 6.54 Å². The van der Waals surface area contributed by atoms with E-state index in [9.17, 15) is 4.79 Å². The number of ether oxygens (including phenoxy) is 1. The molecule has 0 saturated carbocycles. The van der Waals surface area contributed by atoms with Gasteiger partial charge in [-0.3, -0.25) is 9.78 Å². The van der Waals surface area contributed by atoms with Crippen LogP contribution < -0.4 is 15.8 Å². The molecule has 0 radical (unpaired) electrons. The van der Waals surface area contributed by atoms with Crippen LogP contribution in [0.25, 0.3) is 0 Å². The molecule has 3 rings (SSSR count). The third-order valence-electron chi connectivity index (χ3n) is 3.86. The van der Waals surface area contributed by atoms with Gasteiger partial charge in [0.15, 0.2) is 0 Å². The lowest BCUT2D eigenvalue weighted by atomic mass is 10.2. The number of carbonyl (C=O) groups is 1. The van der Waals surface area contributed by atoms with Crippen LogP contribution in [0.15, 0.2) is 61.1 Å². The molecule has 2 aromatic heterocycles. The van der Waals surface area contributed by atoms with Crippen LogP contribution in [-0.2, 0) is 13.0 Å². The minimum Gasteiger partial charge on any atom is -0.454 e. The van der Waals surface area contributed by atoms with Crippen LogP contribution in [0, 0.1) is 0 Å². The molecule has 0 atom stereocenters. The molecule has 6 nitrogen and oxygen atoms in total. The number of primary amides is 1. The highest BCUT2D eigenvalue weighted by Crippen LogP contribution is 2.29. The molecule has 0 aliphatic rings. The number of hydrogen-bond donors (Lipinski definition) is 2. The first-order valence-corrected chi connectivity index (χ1v) is 8.81. The fraction of sp³-hybridized carbons (Fsp3) is 0.150. The molecule has 0 aliphatic heterocycles. The Bertz CT molecular complexity index is 902. The molecule has 0 aliphatic carbocycles. The number of benzene rings is 1. The Hall–Kier alpha value is -2.96. The van der Waals surface area contributed by atoms with E-state index in [1.54, 1.807) is 12.3 Å². The number of hydrogen-bond acceptors (Lipinski definition) is 5. The molecule has 0 fully saturated rings. The van der Waals surface area contributed by atoms with E-state index in [1.807, 2.05) is 30.5 Å². The highest BCUT2D eigenvalue weighted by molar-refractivity contribution is 6.32. The van der Waals surface area contributed by atoms with Gasteiger partial charge in [0.05, 0.1) is 11.2 Å². The zero-order valence-electron chi connectivity index (χ0n) is 14.6. The summed E-state index contributed by atoms with van der Waals surface area (Å²) in [6, 6.07) is 12.7. The van der Waals surface area contributed by atoms with Gasteiger partial charge in [0.2, 0.25) is 0 Å². The Balaban J connectivity index is 1.53. The first-order chi connectivity index (χ1) is 13.1. The van der Waals surface area contributed by atoms with Gasteiger partial charge in [-0.25, -0.2) is 4.98 Å². The topological polar surface area (TPSA) is 90.1 Å². The smallest absolute Gasteiger partial charge is 0.267 e. The summed E-state index contributed by atoms with van der Waals surface area (Å²) >= 11 is 6.31. The number of amides is 1. The Labute approximate surface area is 162 Å². The summed E-state index contributed by atoms with van der Waals surface area (Å²) in [6.07, 6.45) is 5.99. The molecule has 138 valence electrons. The van der Waals surface area contributed by atoms with Crippen molar-refractivity contribution in [3.63, 3.8) is 0 Å². The first kappa shape index (κ1) is 18.8. The van der Waals surface area contributed by atoms with Gasteiger partial charge >= 0.3 is 0 Å². The Morgan fingerprint density at radius 2 is 2.04 bits per heavy atom. The average Bonchev–Trinajstić information content (AvgIpc) is 2.68. The molecule has 2 heterocycles. The Kier molecular flexibility index (Phi) is 6.35. The molecule has 1 amide bonds. The molecule has 0 unspecified atom stereocenters. The zero-order valence-corrected chi connectivity index (χ0v) is 15.3. The minimum absolute atomic E-state index is 0.182. The monoisotopic (exact) mass is 382 g/mol. The van der Waals surface area contributed by atoms with E-state index >= 15 is 0 Å². The molecular formula is C20H19ClN4O2.